The third kappa shape index (κ3) is 9.14. The van der Waals surface area contributed by atoms with E-state index in [4.69, 9.17) is 9.47 Å². The van der Waals surface area contributed by atoms with Gasteiger partial charge in [-0.05, 0) is 56.8 Å². The third-order valence-electron chi connectivity index (χ3n) is 6.03. The van der Waals surface area contributed by atoms with Crippen LogP contribution in [0.1, 0.15) is 43.7 Å². The minimum atomic E-state index is 0. The summed E-state index contributed by atoms with van der Waals surface area (Å²) in [6, 6.07) is 6.41. The Morgan fingerprint density at radius 3 is 2.77 bits per heavy atom. The van der Waals surface area contributed by atoms with Crippen LogP contribution in [0.25, 0.3) is 0 Å². The molecule has 3 rings (SSSR count). The molecule has 0 radical (unpaired) electrons. The van der Waals surface area contributed by atoms with Crippen LogP contribution in [0, 0.1) is 18.8 Å². The number of nitrogens with one attached hydrogen (secondary N) is 2. The van der Waals surface area contributed by atoms with Gasteiger partial charge in [0.25, 0.3) is 0 Å². The first-order valence-electron chi connectivity index (χ1n) is 11.6. The molecular weight excluding hydrogens is 503 g/mol. The molecule has 2 atom stereocenters. The zero-order valence-corrected chi connectivity index (χ0v) is 21.8. The Morgan fingerprint density at radius 2 is 2.06 bits per heavy atom. The Kier molecular flexibility index (Phi) is 12.0. The van der Waals surface area contributed by atoms with Crippen molar-refractivity contribution in [1.82, 2.24) is 15.5 Å². The summed E-state index contributed by atoms with van der Waals surface area (Å²) in [6.45, 7) is 12.1. The van der Waals surface area contributed by atoms with Crippen LogP contribution in [0.4, 0.5) is 0 Å². The first kappa shape index (κ1) is 26.2. The van der Waals surface area contributed by atoms with Crippen molar-refractivity contribution < 1.29 is 9.47 Å². The van der Waals surface area contributed by atoms with Gasteiger partial charge in [0.05, 0.1) is 13.2 Å². The summed E-state index contributed by atoms with van der Waals surface area (Å²) >= 11 is 0. The van der Waals surface area contributed by atoms with Crippen molar-refractivity contribution in [2.45, 2.75) is 46.1 Å². The maximum atomic E-state index is 6.16. The largest absolute Gasteiger partial charge is 0.493 e. The minimum absolute atomic E-state index is 0. The van der Waals surface area contributed by atoms with Gasteiger partial charge < -0.3 is 25.0 Å². The number of hydrogen-bond donors (Lipinski definition) is 2. The van der Waals surface area contributed by atoms with Gasteiger partial charge in [0.2, 0.25) is 0 Å². The van der Waals surface area contributed by atoms with Crippen LogP contribution < -0.4 is 15.4 Å². The Bertz CT molecular complexity index is 674. The van der Waals surface area contributed by atoms with Gasteiger partial charge in [0, 0.05) is 44.8 Å². The summed E-state index contributed by atoms with van der Waals surface area (Å²) < 4.78 is 11.6. The first-order chi connectivity index (χ1) is 14.6. The lowest BCUT2D eigenvalue weighted by Crippen LogP contribution is -2.42. The van der Waals surface area contributed by atoms with Gasteiger partial charge in [-0.2, -0.15) is 0 Å². The second-order valence-corrected chi connectivity index (χ2v) is 8.92. The molecule has 7 heteroatoms. The molecule has 1 aromatic carbocycles. The summed E-state index contributed by atoms with van der Waals surface area (Å²) in [5.74, 6) is 2.90. The van der Waals surface area contributed by atoms with Crippen LogP contribution in [-0.2, 0) is 11.3 Å². The molecule has 0 bridgehead atoms. The van der Waals surface area contributed by atoms with Crippen LogP contribution in [-0.4, -0.2) is 63.9 Å². The summed E-state index contributed by atoms with van der Waals surface area (Å²) in [4.78, 5) is 7.00. The van der Waals surface area contributed by atoms with Crippen molar-refractivity contribution >= 4 is 29.9 Å². The smallest absolute Gasteiger partial charge is 0.191 e. The summed E-state index contributed by atoms with van der Waals surface area (Å²) in [5.41, 5.74) is 2.37. The molecule has 2 aliphatic rings. The molecular formula is C24H41IN4O2. The number of halogens is 1. The number of likely N-dealkylation sites (tertiary alicyclic amines) is 1. The van der Waals surface area contributed by atoms with E-state index >= 15 is 0 Å². The molecule has 0 spiro atoms. The number of hydrogen-bond acceptors (Lipinski definition) is 4. The fourth-order valence-corrected chi connectivity index (χ4v) is 4.18. The van der Waals surface area contributed by atoms with Gasteiger partial charge in [-0.3, -0.25) is 4.99 Å². The van der Waals surface area contributed by atoms with E-state index < -0.39 is 0 Å². The molecule has 2 heterocycles. The summed E-state index contributed by atoms with van der Waals surface area (Å²) in [7, 11) is 1.83. The van der Waals surface area contributed by atoms with Crippen LogP contribution in [0.3, 0.4) is 0 Å². The normalized spacial score (nSPS) is 20.7. The van der Waals surface area contributed by atoms with Crippen molar-refractivity contribution in [1.29, 1.82) is 0 Å². The van der Waals surface area contributed by atoms with E-state index in [1.165, 1.54) is 37.9 Å². The van der Waals surface area contributed by atoms with Crippen molar-refractivity contribution in [3.63, 3.8) is 0 Å². The number of rotatable bonds is 9. The highest BCUT2D eigenvalue weighted by atomic mass is 127. The van der Waals surface area contributed by atoms with Gasteiger partial charge in [-0.15, -0.1) is 24.0 Å². The van der Waals surface area contributed by atoms with Gasteiger partial charge in [-0.25, -0.2) is 0 Å². The van der Waals surface area contributed by atoms with Crippen LogP contribution in [0.15, 0.2) is 23.2 Å². The number of benzene rings is 1. The Hall–Kier alpha value is -1.06. The lowest BCUT2D eigenvalue weighted by Gasteiger charge is -2.29. The molecule has 2 N–H and O–H groups in total. The highest BCUT2D eigenvalue weighted by Gasteiger charge is 2.17. The molecule has 31 heavy (non-hydrogen) atoms. The lowest BCUT2D eigenvalue weighted by atomic mass is 10.1. The first-order valence-corrected chi connectivity index (χ1v) is 11.6. The molecule has 0 aromatic heterocycles. The molecule has 2 unspecified atom stereocenters. The molecule has 2 aliphatic heterocycles. The SMILES string of the molecule is CN=C(NCc1ccc(C)cc1OCC1CCOC1)NCC(C)CN1CCCCC1.I. The van der Waals surface area contributed by atoms with Gasteiger partial charge in [0.1, 0.15) is 5.75 Å². The molecule has 0 aliphatic carbocycles. The maximum Gasteiger partial charge on any atom is 0.191 e. The molecule has 1 aromatic rings. The predicted molar refractivity (Wildman–Crippen MR) is 139 cm³/mol. The molecule has 6 nitrogen and oxygen atoms in total. The van der Waals surface area contributed by atoms with E-state index in [1.54, 1.807) is 0 Å². The van der Waals surface area contributed by atoms with E-state index in [2.05, 4.69) is 52.6 Å². The highest BCUT2D eigenvalue weighted by molar-refractivity contribution is 14.0. The molecule has 0 saturated carbocycles. The zero-order chi connectivity index (χ0) is 21.2. The van der Waals surface area contributed by atoms with Crippen LogP contribution in [0.2, 0.25) is 0 Å². The second kappa shape index (κ2) is 14.2. The average Bonchev–Trinajstić information content (AvgIpc) is 3.28. The quantitative estimate of drug-likeness (QED) is 0.281. The number of guanidine groups is 1. The fraction of sp³-hybridized carbons (Fsp3) is 0.708. The predicted octanol–water partition coefficient (Wildman–Crippen LogP) is 3.82. The number of ether oxygens (including phenoxy) is 2. The van der Waals surface area contributed by atoms with Crippen molar-refractivity contribution in [2.24, 2.45) is 16.8 Å². The van der Waals surface area contributed by atoms with Gasteiger partial charge in [0.15, 0.2) is 5.96 Å². The molecule has 2 saturated heterocycles. The maximum absolute atomic E-state index is 6.16. The molecule has 2 fully saturated rings. The number of aliphatic imine (C=N–C) groups is 1. The third-order valence-corrected chi connectivity index (χ3v) is 6.03. The van der Waals surface area contributed by atoms with E-state index in [0.29, 0.717) is 18.4 Å². The van der Waals surface area contributed by atoms with Crippen molar-refractivity contribution in [3.05, 3.63) is 29.3 Å². The van der Waals surface area contributed by atoms with Gasteiger partial charge >= 0.3 is 0 Å². The zero-order valence-electron chi connectivity index (χ0n) is 19.5. The number of nitrogens with zero attached hydrogens (tertiary/aromatic N) is 2. The molecule has 176 valence electrons. The van der Waals surface area contributed by atoms with Crippen molar-refractivity contribution in [2.75, 3.05) is 53.0 Å². The summed E-state index contributed by atoms with van der Waals surface area (Å²) in [5, 5.41) is 6.94. The van der Waals surface area contributed by atoms with E-state index in [1.807, 2.05) is 7.05 Å². The number of aryl methyl sites for hydroxylation is 1. The van der Waals surface area contributed by atoms with E-state index in [9.17, 15) is 0 Å². The van der Waals surface area contributed by atoms with Crippen LogP contribution >= 0.6 is 24.0 Å². The average molecular weight is 545 g/mol. The number of piperidine rings is 1. The molecule has 0 amide bonds. The van der Waals surface area contributed by atoms with E-state index in [0.717, 1.165) is 56.6 Å². The topological polar surface area (TPSA) is 58.1 Å². The van der Waals surface area contributed by atoms with E-state index in [-0.39, 0.29) is 24.0 Å². The fourth-order valence-electron chi connectivity index (χ4n) is 4.18. The Morgan fingerprint density at radius 1 is 1.26 bits per heavy atom. The van der Waals surface area contributed by atoms with Crippen LogP contribution in [0.5, 0.6) is 5.75 Å². The standard InChI is InChI=1S/C24H40N4O2.HI/c1-19-7-8-22(23(13-19)30-18-21-9-12-29-17-21)15-27-24(25-3)26-14-20(2)16-28-10-5-4-6-11-28;/h7-8,13,20-21H,4-6,9-12,14-18H2,1-3H3,(H2,25,26,27);1H. The Balaban J connectivity index is 0.00000341. The lowest BCUT2D eigenvalue weighted by molar-refractivity contribution is 0.166. The highest BCUT2D eigenvalue weighted by Crippen LogP contribution is 2.22. The summed E-state index contributed by atoms with van der Waals surface area (Å²) in [6.07, 6.45) is 5.17. The van der Waals surface area contributed by atoms with Crippen molar-refractivity contribution in [3.8, 4) is 5.75 Å². The monoisotopic (exact) mass is 544 g/mol. The Labute approximate surface area is 205 Å². The second-order valence-electron chi connectivity index (χ2n) is 8.92. The van der Waals surface area contributed by atoms with Gasteiger partial charge in [-0.1, -0.05) is 25.5 Å². The minimum Gasteiger partial charge on any atom is -0.493 e.